The van der Waals surface area contributed by atoms with Crippen LogP contribution < -0.4 is 5.32 Å². The first-order valence-corrected chi connectivity index (χ1v) is 9.85. The third kappa shape index (κ3) is 12.2. The molecule has 1 nitrogen and oxygen atoms in total. The van der Waals surface area contributed by atoms with Crippen LogP contribution in [0.15, 0.2) is 60.7 Å². The van der Waals surface area contributed by atoms with Gasteiger partial charge in [-0.1, -0.05) is 112 Å². The molecule has 0 aliphatic carbocycles. The summed E-state index contributed by atoms with van der Waals surface area (Å²) in [5.74, 6) is 0. The van der Waals surface area contributed by atoms with Crippen LogP contribution in [-0.4, -0.2) is 13.1 Å². The minimum absolute atomic E-state index is 1.22. The van der Waals surface area contributed by atoms with Gasteiger partial charge in [0.25, 0.3) is 0 Å². The van der Waals surface area contributed by atoms with E-state index >= 15 is 0 Å². The van der Waals surface area contributed by atoms with E-state index in [0.717, 1.165) is 0 Å². The van der Waals surface area contributed by atoms with Crippen LogP contribution in [0.1, 0.15) is 63.5 Å². The Balaban J connectivity index is 0.000000260. The molecule has 0 saturated heterocycles. The van der Waals surface area contributed by atoms with Gasteiger partial charge in [-0.25, -0.2) is 0 Å². The molecule has 0 amide bonds. The molecule has 0 bridgehead atoms. The monoisotopic (exact) mass is 337 g/mol. The van der Waals surface area contributed by atoms with Gasteiger partial charge in [0.05, 0.1) is 0 Å². The quantitative estimate of drug-likeness (QED) is 0.371. The standard InChI is InChI=1S/C14H12.C10H23N/c1-3-7-13(8-4-1)11-12-14-9-5-2-6-10-14;1-3-5-7-9-11-10-8-6-4-2/h1-12H;11H,3-10H2,1-2H3. The third-order valence-electron chi connectivity index (χ3n) is 3.98. The molecule has 25 heavy (non-hydrogen) atoms. The highest BCUT2D eigenvalue weighted by atomic mass is 14.8. The van der Waals surface area contributed by atoms with Crippen molar-refractivity contribution in [3.05, 3.63) is 71.8 Å². The van der Waals surface area contributed by atoms with Crippen molar-refractivity contribution in [1.82, 2.24) is 5.32 Å². The van der Waals surface area contributed by atoms with E-state index in [9.17, 15) is 0 Å². The smallest absolute Gasteiger partial charge is 0.00489 e. The van der Waals surface area contributed by atoms with Crippen molar-refractivity contribution in [2.75, 3.05) is 13.1 Å². The maximum Gasteiger partial charge on any atom is -0.00489 e. The first-order valence-electron chi connectivity index (χ1n) is 9.85. The van der Waals surface area contributed by atoms with Gasteiger partial charge in [0.1, 0.15) is 0 Å². The molecule has 0 spiro atoms. The highest BCUT2D eigenvalue weighted by Gasteiger charge is 1.87. The maximum atomic E-state index is 3.46. The summed E-state index contributed by atoms with van der Waals surface area (Å²) in [5.41, 5.74) is 2.47. The molecule has 136 valence electrons. The Kier molecular flexibility index (Phi) is 13.3. The fraction of sp³-hybridized carbons (Fsp3) is 0.417. The van der Waals surface area contributed by atoms with Gasteiger partial charge in [-0.05, 0) is 37.1 Å². The molecule has 0 aliphatic rings. The second-order valence-corrected chi connectivity index (χ2v) is 6.32. The van der Waals surface area contributed by atoms with Gasteiger partial charge in [0.2, 0.25) is 0 Å². The van der Waals surface area contributed by atoms with Gasteiger partial charge in [-0.3, -0.25) is 0 Å². The van der Waals surface area contributed by atoms with E-state index in [1.165, 1.54) is 62.7 Å². The van der Waals surface area contributed by atoms with Crippen LogP contribution in [0.5, 0.6) is 0 Å². The highest BCUT2D eigenvalue weighted by molar-refractivity contribution is 5.69. The van der Waals surface area contributed by atoms with E-state index in [2.05, 4.69) is 55.6 Å². The van der Waals surface area contributed by atoms with Crippen LogP contribution in [0.3, 0.4) is 0 Å². The summed E-state index contributed by atoms with van der Waals surface area (Å²) in [6.45, 7) is 6.93. The molecule has 0 aliphatic heterocycles. The number of benzene rings is 2. The molecule has 0 saturated carbocycles. The summed E-state index contributed by atoms with van der Waals surface area (Å²) < 4.78 is 0. The van der Waals surface area contributed by atoms with Gasteiger partial charge in [0.15, 0.2) is 0 Å². The van der Waals surface area contributed by atoms with Crippen molar-refractivity contribution in [2.24, 2.45) is 0 Å². The summed E-state index contributed by atoms with van der Waals surface area (Å²) in [4.78, 5) is 0. The Labute approximate surface area is 155 Å². The summed E-state index contributed by atoms with van der Waals surface area (Å²) >= 11 is 0. The predicted octanol–water partition coefficient (Wildman–Crippen LogP) is 6.81. The molecule has 2 rings (SSSR count). The van der Waals surface area contributed by atoms with Crippen molar-refractivity contribution < 1.29 is 0 Å². The molecule has 0 unspecified atom stereocenters. The molecule has 1 heteroatoms. The average molecular weight is 338 g/mol. The van der Waals surface area contributed by atoms with E-state index in [1.54, 1.807) is 0 Å². The van der Waals surface area contributed by atoms with E-state index in [0.29, 0.717) is 0 Å². The first kappa shape index (κ1) is 21.2. The SMILES string of the molecule is C(=Cc1ccccc1)c1ccccc1.CCCCCNCCCCC. The molecule has 2 aromatic rings. The Morgan fingerprint density at radius 1 is 0.600 bits per heavy atom. The fourth-order valence-electron chi connectivity index (χ4n) is 2.45. The second kappa shape index (κ2) is 15.7. The molecule has 0 radical (unpaired) electrons. The second-order valence-electron chi connectivity index (χ2n) is 6.32. The van der Waals surface area contributed by atoms with E-state index in [1.807, 2.05) is 36.4 Å². The fourth-order valence-corrected chi connectivity index (χ4v) is 2.45. The Morgan fingerprint density at radius 3 is 1.36 bits per heavy atom. The molecule has 1 N–H and O–H groups in total. The van der Waals surface area contributed by atoms with Crippen molar-refractivity contribution in [3.63, 3.8) is 0 Å². The number of hydrogen-bond acceptors (Lipinski definition) is 1. The van der Waals surface area contributed by atoms with Crippen LogP contribution >= 0.6 is 0 Å². The van der Waals surface area contributed by atoms with E-state index in [-0.39, 0.29) is 0 Å². The molecular weight excluding hydrogens is 302 g/mol. The minimum atomic E-state index is 1.22. The van der Waals surface area contributed by atoms with Crippen molar-refractivity contribution >= 4 is 12.2 Å². The van der Waals surface area contributed by atoms with Crippen LogP contribution in [0.25, 0.3) is 12.2 Å². The molecule has 2 aromatic carbocycles. The zero-order chi connectivity index (χ0) is 18.0. The van der Waals surface area contributed by atoms with Gasteiger partial charge in [0, 0.05) is 0 Å². The Morgan fingerprint density at radius 2 is 1.00 bits per heavy atom. The van der Waals surface area contributed by atoms with Crippen LogP contribution in [0.2, 0.25) is 0 Å². The number of nitrogens with one attached hydrogen (secondary N) is 1. The molecule has 0 aromatic heterocycles. The number of unbranched alkanes of at least 4 members (excludes halogenated alkanes) is 4. The van der Waals surface area contributed by atoms with Crippen LogP contribution in [0, 0.1) is 0 Å². The van der Waals surface area contributed by atoms with E-state index in [4.69, 9.17) is 0 Å². The maximum absolute atomic E-state index is 3.46. The Hall–Kier alpha value is -1.86. The van der Waals surface area contributed by atoms with Crippen molar-refractivity contribution in [3.8, 4) is 0 Å². The summed E-state index contributed by atoms with van der Waals surface area (Å²) in [5, 5.41) is 3.46. The van der Waals surface area contributed by atoms with Gasteiger partial charge < -0.3 is 5.32 Å². The lowest BCUT2D eigenvalue weighted by Crippen LogP contribution is -2.16. The van der Waals surface area contributed by atoms with Crippen LogP contribution in [-0.2, 0) is 0 Å². The zero-order valence-electron chi connectivity index (χ0n) is 16.1. The number of rotatable bonds is 10. The topological polar surface area (TPSA) is 12.0 Å². The lowest BCUT2D eigenvalue weighted by atomic mass is 10.1. The molecule has 0 fully saturated rings. The summed E-state index contributed by atoms with van der Waals surface area (Å²) in [6.07, 6.45) is 12.4. The van der Waals surface area contributed by atoms with Crippen LogP contribution in [0.4, 0.5) is 0 Å². The third-order valence-corrected chi connectivity index (χ3v) is 3.98. The van der Waals surface area contributed by atoms with Gasteiger partial charge in [-0.2, -0.15) is 0 Å². The lowest BCUT2D eigenvalue weighted by Gasteiger charge is -2.02. The van der Waals surface area contributed by atoms with Gasteiger partial charge in [-0.15, -0.1) is 0 Å². The van der Waals surface area contributed by atoms with E-state index < -0.39 is 0 Å². The first-order chi connectivity index (χ1) is 12.4. The zero-order valence-corrected chi connectivity index (χ0v) is 16.1. The minimum Gasteiger partial charge on any atom is -0.317 e. The predicted molar refractivity (Wildman–Crippen MR) is 114 cm³/mol. The lowest BCUT2D eigenvalue weighted by molar-refractivity contribution is 0.583. The molecule has 0 heterocycles. The molecule has 0 atom stereocenters. The summed E-state index contributed by atoms with van der Waals surface area (Å²) in [7, 11) is 0. The average Bonchev–Trinajstić information content (AvgIpc) is 2.68. The van der Waals surface area contributed by atoms with Crippen molar-refractivity contribution in [1.29, 1.82) is 0 Å². The van der Waals surface area contributed by atoms with Crippen molar-refractivity contribution in [2.45, 2.75) is 52.4 Å². The highest BCUT2D eigenvalue weighted by Crippen LogP contribution is 2.06. The Bertz CT molecular complexity index is 481. The summed E-state index contributed by atoms with van der Waals surface area (Å²) in [6, 6.07) is 20.6. The number of hydrogen-bond donors (Lipinski definition) is 1. The molecular formula is C24H35N. The van der Waals surface area contributed by atoms with Gasteiger partial charge >= 0.3 is 0 Å². The normalized spacial score (nSPS) is 10.5. The largest absolute Gasteiger partial charge is 0.317 e.